The number of ether oxygens (including phenoxy) is 2. The first-order chi connectivity index (χ1) is 20.5. The summed E-state index contributed by atoms with van der Waals surface area (Å²) in [6, 6.07) is 7.29. The summed E-state index contributed by atoms with van der Waals surface area (Å²) in [7, 11) is 0. The summed E-state index contributed by atoms with van der Waals surface area (Å²) >= 11 is 5.05. The molecule has 0 aliphatic carbocycles. The van der Waals surface area contributed by atoms with Crippen LogP contribution in [-0.4, -0.2) is 70.2 Å². The Morgan fingerprint density at radius 1 is 1.14 bits per heavy atom. The van der Waals surface area contributed by atoms with E-state index in [1.807, 2.05) is 20.8 Å². The molecule has 0 bridgehead atoms. The monoisotopic (exact) mass is 728 g/mol. The fourth-order valence-corrected chi connectivity index (χ4v) is 6.33. The van der Waals surface area contributed by atoms with E-state index in [-0.39, 0.29) is 46.9 Å². The molecule has 12 nitrogen and oxygen atoms in total. The van der Waals surface area contributed by atoms with Crippen molar-refractivity contribution in [2.24, 2.45) is 5.92 Å². The zero-order valence-electron chi connectivity index (χ0n) is 23.9. The van der Waals surface area contributed by atoms with Crippen molar-refractivity contribution in [2.45, 2.75) is 45.8 Å². The van der Waals surface area contributed by atoms with Gasteiger partial charge in [-0.15, -0.1) is 0 Å². The SMILES string of the molecule is CC(C)(C)OC(=O)C1CCN([I-]C(=O)Nc2cc(Nc3cc(-c4cc(Cl)ccc4F)nnc3COCCO)ncn2)CC1. The maximum atomic E-state index is 14.5. The Morgan fingerprint density at radius 3 is 2.60 bits per heavy atom. The van der Waals surface area contributed by atoms with Crippen molar-refractivity contribution in [3.63, 3.8) is 0 Å². The Hall–Kier alpha value is -3.05. The van der Waals surface area contributed by atoms with Gasteiger partial charge in [-0.3, -0.25) is 0 Å². The number of aliphatic hydroxyl groups excluding tert-OH is 1. The van der Waals surface area contributed by atoms with Crippen molar-refractivity contribution in [3.8, 4) is 11.3 Å². The van der Waals surface area contributed by atoms with Gasteiger partial charge in [0.2, 0.25) is 0 Å². The van der Waals surface area contributed by atoms with Crippen LogP contribution < -0.4 is 32.1 Å². The van der Waals surface area contributed by atoms with Gasteiger partial charge in [-0.25, -0.2) is 0 Å². The molecule has 15 heteroatoms. The number of carbonyl (C=O) groups excluding carboxylic acids is 2. The summed E-state index contributed by atoms with van der Waals surface area (Å²) in [5, 5.41) is 23.7. The number of rotatable bonds is 11. The van der Waals surface area contributed by atoms with Gasteiger partial charge in [-0.1, -0.05) is 11.6 Å². The molecule has 1 aromatic carbocycles. The van der Waals surface area contributed by atoms with E-state index < -0.39 is 32.9 Å². The molecule has 0 saturated carbocycles. The molecule has 3 heterocycles. The van der Waals surface area contributed by atoms with Gasteiger partial charge in [0.05, 0.1) is 0 Å². The van der Waals surface area contributed by atoms with Crippen molar-refractivity contribution in [1.29, 1.82) is 0 Å². The third kappa shape index (κ3) is 9.99. The van der Waals surface area contributed by atoms with Gasteiger partial charge in [0.15, 0.2) is 0 Å². The zero-order chi connectivity index (χ0) is 31.0. The Labute approximate surface area is 264 Å². The Bertz CT molecular complexity index is 1440. The fraction of sp³-hybridized carbons (Fsp3) is 0.429. The van der Waals surface area contributed by atoms with E-state index in [2.05, 4.69) is 33.9 Å². The second kappa shape index (κ2) is 15.1. The van der Waals surface area contributed by atoms with Crippen LogP contribution in [0.5, 0.6) is 0 Å². The van der Waals surface area contributed by atoms with E-state index in [0.717, 1.165) is 0 Å². The molecular weight excluding hydrogens is 696 g/mol. The van der Waals surface area contributed by atoms with E-state index >= 15 is 0 Å². The van der Waals surface area contributed by atoms with Crippen molar-refractivity contribution in [3.05, 3.63) is 53.2 Å². The van der Waals surface area contributed by atoms with Gasteiger partial charge >= 0.3 is 242 Å². The third-order valence-corrected chi connectivity index (χ3v) is 8.67. The molecular formula is C28H33ClFIN7O5-. The van der Waals surface area contributed by atoms with Crippen LogP contribution in [0, 0.1) is 11.7 Å². The number of hydrogen-bond donors (Lipinski definition) is 3. The number of hydrogen-bond acceptors (Lipinski definition) is 11. The number of aliphatic hydroxyl groups is 1. The second-order valence-electron chi connectivity index (χ2n) is 10.6. The predicted molar refractivity (Wildman–Crippen MR) is 154 cm³/mol. The summed E-state index contributed by atoms with van der Waals surface area (Å²) < 4.78 is 27.4. The average molecular weight is 729 g/mol. The molecule has 0 atom stereocenters. The number of aromatic nitrogens is 4. The summed E-state index contributed by atoms with van der Waals surface area (Å²) in [5.41, 5.74) is 0.700. The molecule has 3 aromatic rings. The summed E-state index contributed by atoms with van der Waals surface area (Å²) in [4.78, 5) is 33.6. The van der Waals surface area contributed by atoms with Crippen LogP contribution in [0.25, 0.3) is 11.3 Å². The Kier molecular flexibility index (Phi) is 11.5. The van der Waals surface area contributed by atoms with Gasteiger partial charge in [0.1, 0.15) is 0 Å². The van der Waals surface area contributed by atoms with Crippen LogP contribution in [0.15, 0.2) is 36.7 Å². The minimum atomic E-state index is -1.01. The van der Waals surface area contributed by atoms with Crippen LogP contribution in [0.3, 0.4) is 0 Å². The number of nitrogens with one attached hydrogen (secondary N) is 2. The number of esters is 1. The van der Waals surface area contributed by atoms with Crippen LogP contribution in [-0.2, 0) is 20.9 Å². The molecule has 1 saturated heterocycles. The maximum absolute atomic E-state index is 14.5. The first kappa shape index (κ1) is 32.9. The van der Waals surface area contributed by atoms with E-state index in [1.54, 1.807) is 12.1 Å². The van der Waals surface area contributed by atoms with Gasteiger partial charge in [-0.2, -0.15) is 0 Å². The minimum absolute atomic E-state index is 0.0257. The standard InChI is InChI=1S/C28H33ClFIN7O5/c1-28(2,3)43-26(40)17-6-8-38(9-7-17)31-27(41)35-25-14-24(32-16-33-25)34-22-13-21(19-12-18(29)4-5-20(19)30)36-37-23(22)15-42-11-10-39/h4-5,12-14,16-17,39H,6-11,15H2,1-3H3,(H2,32,33,34,35,36,41)/q-1. The molecule has 3 N–H and O–H groups in total. The first-order valence-corrected chi connectivity index (χ1v) is 16.0. The van der Waals surface area contributed by atoms with Gasteiger partial charge in [0.25, 0.3) is 0 Å². The molecule has 2 aromatic heterocycles. The number of piperidine rings is 1. The van der Waals surface area contributed by atoms with Gasteiger partial charge in [-0.05, 0) is 6.07 Å². The molecule has 1 aliphatic heterocycles. The molecule has 43 heavy (non-hydrogen) atoms. The molecule has 1 amide bonds. The van der Waals surface area contributed by atoms with Crippen molar-refractivity contribution in [2.75, 3.05) is 36.9 Å². The van der Waals surface area contributed by atoms with Crippen LogP contribution in [0.2, 0.25) is 5.02 Å². The number of anilines is 3. The van der Waals surface area contributed by atoms with Crippen LogP contribution in [0.1, 0.15) is 39.3 Å². The number of nitrogens with zero attached hydrogens (tertiary/aromatic N) is 5. The third-order valence-electron chi connectivity index (χ3n) is 6.08. The van der Waals surface area contributed by atoms with Crippen molar-refractivity contribution < 1.29 is 50.0 Å². The van der Waals surface area contributed by atoms with Crippen LogP contribution >= 0.6 is 11.6 Å². The molecule has 0 spiro atoms. The molecule has 1 aliphatic rings. The number of benzene rings is 1. The molecule has 232 valence electrons. The van der Waals surface area contributed by atoms with Crippen molar-refractivity contribution in [1.82, 2.24) is 23.3 Å². The van der Waals surface area contributed by atoms with E-state index in [9.17, 15) is 14.0 Å². The molecule has 4 rings (SSSR count). The average Bonchev–Trinajstić information content (AvgIpc) is 2.95. The molecule has 0 radical (unpaired) electrons. The Balaban J connectivity index is 1.41. The topological polar surface area (TPSA) is 152 Å². The second-order valence-corrected chi connectivity index (χ2v) is 13.9. The molecule has 0 unspecified atom stereocenters. The Morgan fingerprint density at radius 2 is 1.88 bits per heavy atom. The van der Waals surface area contributed by atoms with Crippen molar-refractivity contribution >= 4 is 38.8 Å². The zero-order valence-corrected chi connectivity index (χ0v) is 26.9. The molecule has 1 fully saturated rings. The number of amides is 1. The quantitative estimate of drug-likeness (QED) is 0.0660. The van der Waals surface area contributed by atoms with E-state index in [4.69, 9.17) is 26.2 Å². The number of halogens is 3. The van der Waals surface area contributed by atoms with E-state index in [0.29, 0.717) is 54.0 Å². The summed E-state index contributed by atoms with van der Waals surface area (Å²) in [6.45, 7) is 6.80. The summed E-state index contributed by atoms with van der Waals surface area (Å²) in [6.07, 6.45) is 2.60. The first-order valence-electron chi connectivity index (χ1n) is 13.5. The van der Waals surface area contributed by atoms with Crippen LogP contribution in [0.4, 0.5) is 26.5 Å². The number of carbonyl (C=O) groups is 2. The summed E-state index contributed by atoms with van der Waals surface area (Å²) in [5.74, 6) is -0.218. The van der Waals surface area contributed by atoms with Gasteiger partial charge < -0.3 is 5.11 Å². The van der Waals surface area contributed by atoms with E-state index in [1.165, 1.54) is 24.5 Å². The fourth-order valence-electron chi connectivity index (χ4n) is 4.11. The normalized spacial score (nSPS) is 14.5. The predicted octanol–water partition coefficient (Wildman–Crippen LogP) is 1.57. The van der Waals surface area contributed by atoms with Gasteiger partial charge in [0, 0.05) is 0 Å².